The lowest BCUT2D eigenvalue weighted by Gasteiger charge is -2.43. The maximum absolute atomic E-state index is 12.3. The predicted octanol–water partition coefficient (Wildman–Crippen LogP) is 5.39. The zero-order valence-electron chi connectivity index (χ0n) is 17.5. The molecule has 1 aromatic heterocycles. The number of carbonyl (C=O) groups is 1. The molecule has 0 spiro atoms. The van der Waals surface area contributed by atoms with Gasteiger partial charge in [0.15, 0.2) is 0 Å². The molecule has 1 aliphatic heterocycles. The zero-order chi connectivity index (χ0) is 21.2. The van der Waals surface area contributed by atoms with E-state index >= 15 is 0 Å². The van der Waals surface area contributed by atoms with E-state index in [1.807, 2.05) is 26.8 Å². The summed E-state index contributed by atoms with van der Waals surface area (Å²) in [5, 5.41) is 11.5. The number of ether oxygens (including phenoxy) is 1. The van der Waals surface area contributed by atoms with Gasteiger partial charge in [0.25, 0.3) is 0 Å². The minimum Gasteiger partial charge on any atom is -0.444 e. The Hall–Kier alpha value is -0.530. The summed E-state index contributed by atoms with van der Waals surface area (Å²) < 4.78 is 6.82. The summed E-state index contributed by atoms with van der Waals surface area (Å²) in [4.78, 5) is 16.4. The summed E-state index contributed by atoms with van der Waals surface area (Å²) >= 11 is 14.1. The maximum atomic E-state index is 12.3. The molecule has 1 aromatic rings. The van der Waals surface area contributed by atoms with Crippen molar-refractivity contribution in [1.82, 2.24) is 9.80 Å². The van der Waals surface area contributed by atoms with Gasteiger partial charge in [-0.15, -0.1) is 11.3 Å². The Morgan fingerprint density at radius 3 is 2.34 bits per heavy atom. The fourth-order valence-electron chi connectivity index (χ4n) is 4.36. The lowest BCUT2D eigenvalue weighted by Crippen LogP contribution is -2.52. The van der Waals surface area contributed by atoms with E-state index in [9.17, 15) is 9.90 Å². The van der Waals surface area contributed by atoms with Crippen LogP contribution < -0.4 is 0 Å². The van der Waals surface area contributed by atoms with Crippen molar-refractivity contribution >= 4 is 40.6 Å². The highest BCUT2D eigenvalue weighted by atomic mass is 35.5. The van der Waals surface area contributed by atoms with Crippen LogP contribution in [-0.4, -0.2) is 64.9 Å². The van der Waals surface area contributed by atoms with Crippen LogP contribution in [-0.2, 0) is 4.74 Å². The largest absolute Gasteiger partial charge is 0.444 e. The van der Waals surface area contributed by atoms with Crippen molar-refractivity contribution in [2.45, 2.75) is 70.0 Å². The average molecular weight is 463 g/mol. The first-order valence-corrected chi connectivity index (χ1v) is 12.0. The predicted molar refractivity (Wildman–Crippen MR) is 119 cm³/mol. The van der Waals surface area contributed by atoms with Gasteiger partial charge in [-0.05, 0) is 45.2 Å². The average Bonchev–Trinajstić information content (AvgIpc) is 2.97. The molecule has 1 saturated carbocycles. The maximum Gasteiger partial charge on any atom is 0.410 e. The van der Waals surface area contributed by atoms with Gasteiger partial charge >= 0.3 is 6.09 Å². The molecule has 2 fully saturated rings. The summed E-state index contributed by atoms with van der Waals surface area (Å²) in [6, 6.07) is 1.92. The smallest absolute Gasteiger partial charge is 0.410 e. The van der Waals surface area contributed by atoms with Gasteiger partial charge in [-0.2, -0.15) is 0 Å². The molecule has 2 heterocycles. The van der Waals surface area contributed by atoms with Crippen LogP contribution in [0.4, 0.5) is 4.79 Å². The Labute approximate surface area is 187 Å². The van der Waals surface area contributed by atoms with Crippen LogP contribution in [0.1, 0.15) is 64.4 Å². The summed E-state index contributed by atoms with van der Waals surface area (Å²) in [7, 11) is 0. The number of amides is 1. The Morgan fingerprint density at radius 1 is 1.21 bits per heavy atom. The normalized spacial score (nSPS) is 21.8. The number of rotatable bonds is 4. The third-order valence-corrected chi connectivity index (χ3v) is 7.41. The number of halogens is 2. The van der Waals surface area contributed by atoms with Crippen molar-refractivity contribution < 1.29 is 14.6 Å². The molecule has 2 aliphatic rings. The van der Waals surface area contributed by atoms with Crippen LogP contribution in [0.5, 0.6) is 0 Å². The zero-order valence-corrected chi connectivity index (χ0v) is 19.9. The van der Waals surface area contributed by atoms with E-state index in [0.717, 1.165) is 44.3 Å². The fourth-order valence-corrected chi connectivity index (χ4v) is 5.94. The second-order valence-corrected chi connectivity index (χ2v) is 11.5. The van der Waals surface area contributed by atoms with E-state index in [-0.39, 0.29) is 12.0 Å². The van der Waals surface area contributed by atoms with Crippen LogP contribution in [0.25, 0.3) is 0 Å². The van der Waals surface area contributed by atoms with E-state index < -0.39 is 11.2 Å². The van der Waals surface area contributed by atoms with E-state index in [2.05, 4.69) is 4.90 Å². The van der Waals surface area contributed by atoms with Gasteiger partial charge in [0.05, 0.1) is 14.3 Å². The molecule has 1 atom stereocenters. The summed E-state index contributed by atoms with van der Waals surface area (Å²) in [6.07, 6.45) is 4.57. The van der Waals surface area contributed by atoms with Gasteiger partial charge < -0.3 is 14.7 Å². The van der Waals surface area contributed by atoms with Crippen molar-refractivity contribution in [3.05, 3.63) is 20.3 Å². The Bertz CT molecular complexity index is 705. The molecule has 29 heavy (non-hydrogen) atoms. The molecular formula is C21H32Cl2N2O3S. The number of nitrogens with zero attached hydrogens (tertiary/aromatic N) is 2. The number of carbonyl (C=O) groups excluding carboxylic acids is 1. The molecule has 5 nitrogen and oxygen atoms in total. The lowest BCUT2D eigenvalue weighted by molar-refractivity contribution is -0.0355. The van der Waals surface area contributed by atoms with Crippen LogP contribution in [0.15, 0.2) is 6.07 Å². The first-order valence-electron chi connectivity index (χ1n) is 10.4. The van der Waals surface area contributed by atoms with Crippen molar-refractivity contribution in [3.8, 4) is 0 Å². The first kappa shape index (κ1) is 23.1. The lowest BCUT2D eigenvalue weighted by atomic mass is 9.73. The topological polar surface area (TPSA) is 53.0 Å². The van der Waals surface area contributed by atoms with Gasteiger partial charge in [-0.3, -0.25) is 4.90 Å². The standard InChI is InChI=1S/C21H32Cl2N2O3S/c1-20(2,3)28-19(26)25-11-9-24(10-12-25)14-16(15-13-17(22)29-18(15)23)21(27)7-5-4-6-8-21/h13,16,27H,4-12,14H2,1-3H3. The van der Waals surface area contributed by atoms with Gasteiger partial charge in [0.2, 0.25) is 0 Å². The molecule has 0 bridgehead atoms. The van der Waals surface area contributed by atoms with Gasteiger partial charge in [0, 0.05) is 38.6 Å². The third kappa shape index (κ3) is 6.01. The Balaban J connectivity index is 1.68. The Morgan fingerprint density at radius 2 is 1.83 bits per heavy atom. The summed E-state index contributed by atoms with van der Waals surface area (Å²) in [5.74, 6) is -0.0767. The van der Waals surface area contributed by atoms with Gasteiger partial charge in [-0.1, -0.05) is 42.5 Å². The fraction of sp³-hybridized carbons (Fsp3) is 0.762. The monoisotopic (exact) mass is 462 g/mol. The summed E-state index contributed by atoms with van der Waals surface area (Å²) in [5.41, 5.74) is -0.284. The number of thiophene rings is 1. The summed E-state index contributed by atoms with van der Waals surface area (Å²) in [6.45, 7) is 9.11. The molecule has 0 aromatic carbocycles. The minimum atomic E-state index is -0.755. The number of aliphatic hydroxyl groups is 1. The van der Waals surface area contributed by atoms with Gasteiger partial charge in [-0.25, -0.2) is 4.79 Å². The van der Waals surface area contributed by atoms with E-state index in [1.54, 1.807) is 4.90 Å². The molecular weight excluding hydrogens is 431 g/mol. The second kappa shape index (κ2) is 9.31. The highest BCUT2D eigenvalue weighted by Crippen LogP contribution is 2.45. The van der Waals surface area contributed by atoms with Crippen molar-refractivity contribution in [1.29, 1.82) is 0 Å². The third-order valence-electron chi connectivity index (χ3n) is 5.89. The van der Waals surface area contributed by atoms with Crippen LogP contribution in [0.3, 0.4) is 0 Å². The Kier molecular flexibility index (Phi) is 7.43. The first-order chi connectivity index (χ1) is 13.6. The van der Waals surface area contributed by atoms with E-state index in [4.69, 9.17) is 27.9 Å². The molecule has 1 N–H and O–H groups in total. The van der Waals surface area contributed by atoms with E-state index in [0.29, 0.717) is 28.3 Å². The molecule has 3 rings (SSSR count). The minimum absolute atomic E-state index is 0.0767. The SMILES string of the molecule is CC(C)(C)OC(=O)N1CCN(CC(c2cc(Cl)sc2Cl)C2(O)CCCCC2)CC1. The molecule has 1 unspecified atom stereocenters. The van der Waals surface area contributed by atoms with Crippen LogP contribution in [0.2, 0.25) is 8.67 Å². The van der Waals surface area contributed by atoms with Crippen LogP contribution >= 0.6 is 34.5 Å². The number of hydrogen-bond acceptors (Lipinski definition) is 5. The van der Waals surface area contributed by atoms with Crippen LogP contribution in [0, 0.1) is 0 Å². The highest BCUT2D eigenvalue weighted by Gasteiger charge is 2.41. The number of hydrogen-bond donors (Lipinski definition) is 1. The second-order valence-electron chi connectivity index (χ2n) is 9.26. The van der Waals surface area contributed by atoms with Crippen molar-refractivity contribution in [3.63, 3.8) is 0 Å². The molecule has 1 saturated heterocycles. The highest BCUT2D eigenvalue weighted by molar-refractivity contribution is 7.20. The van der Waals surface area contributed by atoms with Gasteiger partial charge in [0.1, 0.15) is 5.60 Å². The van der Waals surface area contributed by atoms with E-state index in [1.165, 1.54) is 17.8 Å². The molecule has 1 aliphatic carbocycles. The molecule has 8 heteroatoms. The molecule has 0 radical (unpaired) electrons. The van der Waals surface area contributed by atoms with Crippen molar-refractivity contribution in [2.24, 2.45) is 0 Å². The van der Waals surface area contributed by atoms with Crippen molar-refractivity contribution in [2.75, 3.05) is 32.7 Å². The quantitative estimate of drug-likeness (QED) is 0.651. The number of piperazine rings is 1. The molecule has 164 valence electrons. The molecule has 1 amide bonds.